The fraction of sp³-hybridized carbons (Fsp3) is 0.850. The third kappa shape index (κ3) is 51.3. The van der Waals surface area contributed by atoms with Crippen molar-refractivity contribution in [1.82, 2.24) is 5.32 Å². The van der Waals surface area contributed by atoms with E-state index in [4.69, 9.17) is 0 Å². The van der Waals surface area contributed by atoms with Gasteiger partial charge < -0.3 is 15.5 Å². The van der Waals surface area contributed by atoms with Crippen molar-refractivity contribution in [3.05, 3.63) is 48.6 Å². The van der Waals surface area contributed by atoms with Crippen molar-refractivity contribution in [3.8, 4) is 0 Å². The Morgan fingerprint density at radius 2 is 0.656 bits per heavy atom. The van der Waals surface area contributed by atoms with Crippen molar-refractivity contribution in [2.24, 2.45) is 0 Å². The Bertz CT molecular complexity index is 1020. The molecule has 3 N–H and O–H groups in total. The van der Waals surface area contributed by atoms with Gasteiger partial charge in [-0.15, -0.1) is 0 Å². The van der Waals surface area contributed by atoms with E-state index in [0.29, 0.717) is 6.42 Å². The summed E-state index contributed by atoms with van der Waals surface area (Å²) >= 11 is 0. The number of hydrogen-bond acceptors (Lipinski definition) is 3. The van der Waals surface area contributed by atoms with E-state index in [9.17, 15) is 15.0 Å². The maximum Gasteiger partial charge on any atom is 0.220 e. The van der Waals surface area contributed by atoms with Crippen LogP contribution in [0.3, 0.4) is 0 Å². The van der Waals surface area contributed by atoms with E-state index < -0.39 is 12.1 Å². The van der Waals surface area contributed by atoms with E-state index in [1.165, 1.54) is 250 Å². The van der Waals surface area contributed by atoms with Gasteiger partial charge in [0, 0.05) is 6.42 Å². The van der Waals surface area contributed by atoms with E-state index >= 15 is 0 Å². The number of carbonyl (C=O) groups excluding carboxylic acids is 1. The molecule has 0 aromatic rings. The lowest BCUT2D eigenvalue weighted by Gasteiger charge is -2.19. The maximum absolute atomic E-state index is 12.5. The fourth-order valence-electron chi connectivity index (χ4n) is 8.87. The Hall–Kier alpha value is -1.65. The zero-order valence-electron chi connectivity index (χ0n) is 43.3. The molecular weight excluding hydrogens is 783 g/mol. The molecule has 0 radical (unpaired) electrons. The molecule has 0 aromatic heterocycles. The SMILES string of the molecule is CCCCCCCCCCC/C=C\C/C=C\CCCCCCCCCCCCCC(=O)NC(CO)C(O)/C=C/CC/C=C/CCCCCCCCCCCCCCCCCCCCC. The summed E-state index contributed by atoms with van der Waals surface area (Å²) in [7, 11) is 0. The minimum Gasteiger partial charge on any atom is -0.394 e. The Morgan fingerprint density at radius 1 is 0.375 bits per heavy atom. The van der Waals surface area contributed by atoms with Gasteiger partial charge in [0.2, 0.25) is 5.91 Å². The van der Waals surface area contributed by atoms with Crippen LogP contribution in [0.25, 0.3) is 0 Å². The van der Waals surface area contributed by atoms with E-state index in [2.05, 4.69) is 55.6 Å². The molecule has 2 atom stereocenters. The molecule has 0 saturated heterocycles. The molecule has 0 aliphatic rings. The maximum atomic E-state index is 12.5. The summed E-state index contributed by atoms with van der Waals surface area (Å²) in [5.74, 6) is -0.0730. The van der Waals surface area contributed by atoms with Gasteiger partial charge in [-0.05, 0) is 64.2 Å². The molecule has 0 fully saturated rings. The van der Waals surface area contributed by atoms with E-state index in [1.54, 1.807) is 6.08 Å². The average Bonchev–Trinajstić information content (AvgIpc) is 3.30. The molecule has 376 valence electrons. The number of aliphatic hydroxyl groups is 2. The predicted molar refractivity (Wildman–Crippen MR) is 285 cm³/mol. The number of hydrogen-bond donors (Lipinski definition) is 3. The number of rotatable bonds is 53. The molecule has 4 nitrogen and oxygen atoms in total. The Labute approximate surface area is 401 Å². The van der Waals surface area contributed by atoms with Crippen LogP contribution in [0, 0.1) is 0 Å². The van der Waals surface area contributed by atoms with Crippen LogP contribution in [0.5, 0.6) is 0 Å². The quantitative estimate of drug-likeness (QED) is 0.0421. The van der Waals surface area contributed by atoms with Gasteiger partial charge in [-0.1, -0.05) is 287 Å². The number of unbranched alkanes of at least 4 members (excludes halogenated alkanes) is 40. The Balaban J connectivity index is 3.53. The second-order valence-corrected chi connectivity index (χ2v) is 19.7. The van der Waals surface area contributed by atoms with Gasteiger partial charge in [-0.3, -0.25) is 4.79 Å². The highest BCUT2D eigenvalue weighted by atomic mass is 16.3. The highest BCUT2D eigenvalue weighted by Gasteiger charge is 2.18. The monoisotopic (exact) mass is 896 g/mol. The molecule has 0 saturated carbocycles. The van der Waals surface area contributed by atoms with Crippen LogP contribution in [0.4, 0.5) is 0 Å². The highest BCUT2D eigenvalue weighted by Crippen LogP contribution is 2.17. The first-order chi connectivity index (χ1) is 31.7. The molecule has 4 heteroatoms. The standard InChI is InChI=1S/C60H113NO3/c1-3-5-7-9-11-13-15-17-19-21-23-25-27-29-30-32-34-36-38-40-42-44-46-48-50-52-54-56-60(64)61-58(57-62)59(63)55-53-51-49-47-45-43-41-39-37-35-33-31-28-26-24-22-20-18-16-14-12-10-8-6-4-2/h23,25,29-30,45,47,53,55,58-59,62-63H,3-22,24,26-28,31-44,46,48-52,54,56-57H2,1-2H3,(H,61,64)/b25-23-,30-29-,47-45+,55-53+. The number of nitrogens with one attached hydrogen (secondary N) is 1. The van der Waals surface area contributed by atoms with Crippen LogP contribution in [0.1, 0.15) is 309 Å². The van der Waals surface area contributed by atoms with Crippen molar-refractivity contribution in [3.63, 3.8) is 0 Å². The summed E-state index contributed by atoms with van der Waals surface area (Å²) in [6.07, 6.45) is 77.1. The normalized spacial score (nSPS) is 13.1. The number of aliphatic hydroxyl groups excluding tert-OH is 2. The van der Waals surface area contributed by atoms with Gasteiger partial charge in [0.15, 0.2) is 0 Å². The van der Waals surface area contributed by atoms with Crippen molar-refractivity contribution in [2.45, 2.75) is 321 Å². The first kappa shape index (κ1) is 62.4. The molecule has 0 heterocycles. The molecular formula is C60H113NO3. The first-order valence-electron chi connectivity index (χ1n) is 28.9. The zero-order valence-corrected chi connectivity index (χ0v) is 43.3. The van der Waals surface area contributed by atoms with Gasteiger partial charge in [0.05, 0.1) is 18.8 Å². The van der Waals surface area contributed by atoms with Crippen LogP contribution in [0.2, 0.25) is 0 Å². The van der Waals surface area contributed by atoms with Crippen LogP contribution in [-0.2, 0) is 4.79 Å². The van der Waals surface area contributed by atoms with E-state index in [-0.39, 0.29) is 12.5 Å². The molecule has 0 aliphatic carbocycles. The van der Waals surface area contributed by atoms with Gasteiger partial charge >= 0.3 is 0 Å². The lowest BCUT2D eigenvalue weighted by molar-refractivity contribution is -0.123. The second-order valence-electron chi connectivity index (χ2n) is 19.7. The number of allylic oxidation sites excluding steroid dienone is 7. The van der Waals surface area contributed by atoms with Gasteiger partial charge in [0.1, 0.15) is 0 Å². The largest absolute Gasteiger partial charge is 0.394 e. The highest BCUT2D eigenvalue weighted by molar-refractivity contribution is 5.76. The third-order valence-corrected chi connectivity index (χ3v) is 13.3. The summed E-state index contributed by atoms with van der Waals surface area (Å²) in [6, 6.07) is -0.642. The van der Waals surface area contributed by atoms with Crippen molar-refractivity contribution < 1.29 is 15.0 Å². The lowest BCUT2D eigenvalue weighted by atomic mass is 10.0. The molecule has 2 unspecified atom stereocenters. The van der Waals surface area contributed by atoms with Gasteiger partial charge in [-0.25, -0.2) is 0 Å². The summed E-state index contributed by atoms with van der Waals surface area (Å²) in [6.45, 7) is 4.33. The second kappa shape index (κ2) is 55.7. The molecule has 64 heavy (non-hydrogen) atoms. The molecule has 0 aliphatic heterocycles. The molecule has 0 bridgehead atoms. The van der Waals surface area contributed by atoms with E-state index in [0.717, 1.165) is 38.5 Å². The molecule has 0 aromatic carbocycles. The molecule has 0 spiro atoms. The predicted octanol–water partition coefficient (Wildman–Crippen LogP) is 19.0. The summed E-state index contributed by atoms with van der Waals surface area (Å²) in [5, 5.41) is 23.2. The van der Waals surface area contributed by atoms with Crippen molar-refractivity contribution >= 4 is 5.91 Å². The Kier molecular flexibility index (Phi) is 54.2. The van der Waals surface area contributed by atoms with Gasteiger partial charge in [0.25, 0.3) is 0 Å². The Morgan fingerprint density at radius 3 is 1.00 bits per heavy atom. The smallest absolute Gasteiger partial charge is 0.220 e. The van der Waals surface area contributed by atoms with Crippen molar-refractivity contribution in [1.29, 1.82) is 0 Å². The van der Waals surface area contributed by atoms with Crippen molar-refractivity contribution in [2.75, 3.05) is 6.61 Å². The summed E-state index contributed by atoms with van der Waals surface area (Å²) < 4.78 is 0. The van der Waals surface area contributed by atoms with Crippen LogP contribution in [0.15, 0.2) is 48.6 Å². The molecule has 0 rings (SSSR count). The average molecular weight is 897 g/mol. The summed E-state index contributed by atoms with van der Waals surface area (Å²) in [5.41, 5.74) is 0. The minimum absolute atomic E-state index is 0.0730. The van der Waals surface area contributed by atoms with Crippen LogP contribution in [-0.4, -0.2) is 34.9 Å². The van der Waals surface area contributed by atoms with Gasteiger partial charge in [-0.2, -0.15) is 0 Å². The zero-order chi connectivity index (χ0) is 46.3. The van der Waals surface area contributed by atoms with E-state index in [1.807, 2.05) is 6.08 Å². The third-order valence-electron chi connectivity index (χ3n) is 13.3. The first-order valence-corrected chi connectivity index (χ1v) is 28.9. The summed E-state index contributed by atoms with van der Waals surface area (Å²) in [4.78, 5) is 12.5. The minimum atomic E-state index is -0.865. The van der Waals surface area contributed by atoms with Crippen LogP contribution < -0.4 is 5.32 Å². The fourth-order valence-corrected chi connectivity index (χ4v) is 8.87. The lowest BCUT2D eigenvalue weighted by Crippen LogP contribution is -2.45. The molecule has 1 amide bonds. The topological polar surface area (TPSA) is 69.6 Å². The van der Waals surface area contributed by atoms with Crippen LogP contribution >= 0.6 is 0 Å². The number of amides is 1. The number of carbonyl (C=O) groups is 1.